The van der Waals surface area contributed by atoms with Gasteiger partial charge in [0.05, 0.1) is 26.0 Å². The third-order valence-electron chi connectivity index (χ3n) is 4.48. The molecule has 2 aromatic rings. The quantitative estimate of drug-likeness (QED) is 0.706. The SMILES string of the molecule is COc1cc(C=O)c(OCC2=C(c3cccnc3OC)CCCC2)cn1. The average molecular weight is 354 g/mol. The van der Waals surface area contributed by atoms with E-state index in [0.29, 0.717) is 29.7 Å². The third kappa shape index (κ3) is 3.85. The van der Waals surface area contributed by atoms with Crippen LogP contribution in [0.2, 0.25) is 0 Å². The zero-order chi connectivity index (χ0) is 18.4. The van der Waals surface area contributed by atoms with Crippen molar-refractivity contribution in [3.63, 3.8) is 0 Å². The normalized spacial score (nSPS) is 14.1. The zero-order valence-electron chi connectivity index (χ0n) is 15.0. The predicted octanol–water partition coefficient (Wildman–Crippen LogP) is 3.71. The highest BCUT2D eigenvalue weighted by Gasteiger charge is 2.19. The van der Waals surface area contributed by atoms with Crippen LogP contribution in [0.4, 0.5) is 0 Å². The molecule has 1 aliphatic rings. The molecule has 0 amide bonds. The van der Waals surface area contributed by atoms with E-state index in [0.717, 1.165) is 37.5 Å². The number of rotatable bonds is 7. The van der Waals surface area contributed by atoms with E-state index in [9.17, 15) is 4.79 Å². The molecule has 0 radical (unpaired) electrons. The van der Waals surface area contributed by atoms with Gasteiger partial charge < -0.3 is 14.2 Å². The smallest absolute Gasteiger partial charge is 0.220 e. The summed E-state index contributed by atoms with van der Waals surface area (Å²) in [5.74, 6) is 1.47. The molecule has 0 saturated heterocycles. The van der Waals surface area contributed by atoms with E-state index in [4.69, 9.17) is 14.2 Å². The van der Waals surface area contributed by atoms with Crippen molar-refractivity contribution in [3.8, 4) is 17.5 Å². The Hall–Kier alpha value is -2.89. The number of carbonyl (C=O) groups excluding carboxylic acids is 1. The summed E-state index contributed by atoms with van der Waals surface area (Å²) in [6.45, 7) is 0.405. The highest BCUT2D eigenvalue weighted by molar-refractivity contribution is 5.79. The van der Waals surface area contributed by atoms with Crippen LogP contribution in [-0.4, -0.2) is 37.1 Å². The van der Waals surface area contributed by atoms with Gasteiger partial charge >= 0.3 is 0 Å². The minimum absolute atomic E-state index is 0.386. The first kappa shape index (κ1) is 17.9. The van der Waals surface area contributed by atoms with Gasteiger partial charge in [-0.25, -0.2) is 9.97 Å². The van der Waals surface area contributed by atoms with Crippen LogP contribution in [0.1, 0.15) is 41.6 Å². The number of hydrogen-bond acceptors (Lipinski definition) is 6. The molecule has 2 heterocycles. The molecule has 1 aliphatic carbocycles. The van der Waals surface area contributed by atoms with Crippen LogP contribution in [0.5, 0.6) is 17.5 Å². The number of aromatic nitrogens is 2. The van der Waals surface area contributed by atoms with Gasteiger partial charge in [-0.2, -0.15) is 0 Å². The van der Waals surface area contributed by atoms with Crippen molar-refractivity contribution in [1.82, 2.24) is 9.97 Å². The summed E-state index contributed by atoms with van der Waals surface area (Å²) >= 11 is 0. The Bertz CT molecular complexity index is 817. The number of aldehydes is 1. The summed E-state index contributed by atoms with van der Waals surface area (Å²) in [4.78, 5) is 19.7. The van der Waals surface area contributed by atoms with Crippen molar-refractivity contribution in [2.45, 2.75) is 25.7 Å². The fourth-order valence-corrected chi connectivity index (χ4v) is 3.16. The number of pyridine rings is 2. The molecule has 0 bridgehead atoms. The number of nitrogens with zero attached hydrogens (tertiary/aromatic N) is 2. The van der Waals surface area contributed by atoms with Crippen molar-refractivity contribution >= 4 is 11.9 Å². The Balaban J connectivity index is 1.87. The maximum atomic E-state index is 11.3. The molecule has 2 aromatic heterocycles. The summed E-state index contributed by atoms with van der Waals surface area (Å²) in [5, 5.41) is 0. The van der Waals surface area contributed by atoms with Crippen molar-refractivity contribution in [3.05, 3.63) is 47.3 Å². The van der Waals surface area contributed by atoms with Crippen LogP contribution in [0.3, 0.4) is 0 Å². The van der Waals surface area contributed by atoms with Crippen molar-refractivity contribution < 1.29 is 19.0 Å². The molecule has 26 heavy (non-hydrogen) atoms. The molecule has 0 atom stereocenters. The Morgan fingerprint density at radius 3 is 2.77 bits per heavy atom. The average Bonchev–Trinajstić information content (AvgIpc) is 2.72. The van der Waals surface area contributed by atoms with Crippen molar-refractivity contribution in [2.75, 3.05) is 20.8 Å². The first-order valence-electron chi connectivity index (χ1n) is 8.59. The highest BCUT2D eigenvalue weighted by Crippen LogP contribution is 2.36. The molecular weight excluding hydrogens is 332 g/mol. The van der Waals surface area contributed by atoms with Crippen LogP contribution in [-0.2, 0) is 0 Å². The van der Waals surface area contributed by atoms with E-state index < -0.39 is 0 Å². The van der Waals surface area contributed by atoms with E-state index in [1.807, 2.05) is 12.1 Å². The van der Waals surface area contributed by atoms with Crippen molar-refractivity contribution in [1.29, 1.82) is 0 Å². The highest BCUT2D eigenvalue weighted by atomic mass is 16.5. The third-order valence-corrected chi connectivity index (χ3v) is 4.48. The Morgan fingerprint density at radius 1 is 1.15 bits per heavy atom. The van der Waals surface area contributed by atoms with Crippen LogP contribution in [0.15, 0.2) is 36.2 Å². The Labute approximate surface area is 152 Å². The van der Waals surface area contributed by atoms with Crippen LogP contribution < -0.4 is 14.2 Å². The van der Waals surface area contributed by atoms with E-state index >= 15 is 0 Å². The molecule has 3 rings (SSSR count). The van der Waals surface area contributed by atoms with E-state index in [2.05, 4.69) is 9.97 Å². The maximum absolute atomic E-state index is 11.3. The van der Waals surface area contributed by atoms with E-state index in [1.54, 1.807) is 19.4 Å². The van der Waals surface area contributed by atoms with Gasteiger partial charge in [0.25, 0.3) is 0 Å². The molecular formula is C20H22N2O4. The lowest BCUT2D eigenvalue weighted by atomic mass is 9.88. The fraction of sp³-hybridized carbons (Fsp3) is 0.350. The Kier molecular flexibility index (Phi) is 5.84. The van der Waals surface area contributed by atoms with Crippen LogP contribution in [0.25, 0.3) is 5.57 Å². The molecule has 0 fully saturated rings. The van der Waals surface area contributed by atoms with E-state index in [-0.39, 0.29) is 0 Å². The summed E-state index contributed by atoms with van der Waals surface area (Å²) < 4.78 is 16.4. The number of allylic oxidation sites excluding steroid dienone is 1. The van der Waals surface area contributed by atoms with Gasteiger partial charge in [-0.15, -0.1) is 0 Å². The summed E-state index contributed by atoms with van der Waals surface area (Å²) in [5.41, 5.74) is 3.86. The Morgan fingerprint density at radius 2 is 2.00 bits per heavy atom. The molecule has 0 aliphatic heterocycles. The lowest BCUT2D eigenvalue weighted by Crippen LogP contribution is -2.10. The second-order valence-electron chi connectivity index (χ2n) is 6.02. The standard InChI is InChI=1S/C20H22N2O4/c1-24-19-10-15(12-23)18(11-22-19)26-13-14-6-3-4-7-16(14)17-8-5-9-21-20(17)25-2/h5,8-12H,3-4,6-7,13H2,1-2H3. The fourth-order valence-electron chi connectivity index (χ4n) is 3.16. The monoisotopic (exact) mass is 354 g/mol. The topological polar surface area (TPSA) is 70.5 Å². The molecule has 6 heteroatoms. The molecule has 0 spiro atoms. The second-order valence-corrected chi connectivity index (χ2v) is 6.02. The summed E-state index contributed by atoms with van der Waals surface area (Å²) in [7, 11) is 3.14. The molecule has 0 N–H and O–H groups in total. The van der Waals surface area contributed by atoms with Crippen LogP contribution in [0, 0.1) is 0 Å². The molecule has 0 saturated carbocycles. The van der Waals surface area contributed by atoms with Gasteiger partial charge in [0.1, 0.15) is 12.4 Å². The number of hydrogen-bond donors (Lipinski definition) is 0. The number of carbonyl (C=O) groups is 1. The first-order valence-corrected chi connectivity index (χ1v) is 8.59. The van der Waals surface area contributed by atoms with Gasteiger partial charge in [-0.3, -0.25) is 4.79 Å². The minimum Gasteiger partial charge on any atom is -0.487 e. The maximum Gasteiger partial charge on any atom is 0.220 e. The molecule has 6 nitrogen and oxygen atoms in total. The predicted molar refractivity (Wildman–Crippen MR) is 97.8 cm³/mol. The van der Waals surface area contributed by atoms with Gasteiger partial charge in [0.15, 0.2) is 6.29 Å². The largest absolute Gasteiger partial charge is 0.487 e. The zero-order valence-corrected chi connectivity index (χ0v) is 15.0. The molecule has 0 aromatic carbocycles. The second kappa shape index (κ2) is 8.47. The minimum atomic E-state index is 0.386. The lowest BCUT2D eigenvalue weighted by Gasteiger charge is -2.22. The summed E-state index contributed by atoms with van der Waals surface area (Å²) in [6.07, 6.45) is 8.15. The van der Waals surface area contributed by atoms with Gasteiger partial charge in [0.2, 0.25) is 11.8 Å². The summed E-state index contributed by atoms with van der Waals surface area (Å²) in [6, 6.07) is 5.51. The van der Waals surface area contributed by atoms with Gasteiger partial charge in [-0.1, -0.05) is 0 Å². The molecule has 0 unspecified atom stereocenters. The van der Waals surface area contributed by atoms with Gasteiger partial charge in [-0.05, 0) is 49.0 Å². The van der Waals surface area contributed by atoms with E-state index in [1.165, 1.54) is 24.5 Å². The number of ether oxygens (including phenoxy) is 3. The first-order chi connectivity index (χ1) is 12.8. The lowest BCUT2D eigenvalue weighted by molar-refractivity contribution is 0.111. The molecule has 136 valence electrons. The number of methoxy groups -OCH3 is 2. The van der Waals surface area contributed by atoms with Crippen molar-refractivity contribution in [2.24, 2.45) is 0 Å². The van der Waals surface area contributed by atoms with Gasteiger partial charge in [0, 0.05) is 17.8 Å². The van der Waals surface area contributed by atoms with Crippen LogP contribution >= 0.6 is 0 Å².